The molecule has 0 fully saturated rings. The standard InChI is InChI=1S/C24H23N3O/c1-25-16-21-15-20(11-12-24(21)28-2)19-9-7-18(8-10-19)13-14-27-17-26-22-5-3-4-6-23(22)27/h3-12,15-17H,13-14H2,1-2H3. The number of rotatable bonds is 6. The zero-order chi connectivity index (χ0) is 19.3. The summed E-state index contributed by atoms with van der Waals surface area (Å²) in [5.74, 6) is 0.832. The molecule has 0 bridgehead atoms. The second kappa shape index (κ2) is 8.09. The number of nitrogens with zero attached hydrogens (tertiary/aromatic N) is 3. The molecule has 4 aromatic rings. The maximum Gasteiger partial charge on any atom is 0.127 e. The van der Waals surface area contributed by atoms with Crippen molar-refractivity contribution in [2.75, 3.05) is 14.2 Å². The van der Waals surface area contributed by atoms with E-state index in [0.717, 1.165) is 35.4 Å². The number of aromatic nitrogens is 2. The predicted molar refractivity (Wildman–Crippen MR) is 115 cm³/mol. The number of fused-ring (bicyclic) bond motifs is 1. The van der Waals surface area contributed by atoms with E-state index >= 15 is 0 Å². The molecule has 0 saturated heterocycles. The van der Waals surface area contributed by atoms with Crippen molar-refractivity contribution in [1.29, 1.82) is 0 Å². The first kappa shape index (κ1) is 18.0. The number of imidazole rings is 1. The molecule has 1 aromatic heterocycles. The Hall–Kier alpha value is -3.40. The summed E-state index contributed by atoms with van der Waals surface area (Å²) < 4.78 is 7.62. The molecule has 1 heterocycles. The van der Waals surface area contributed by atoms with Crippen LogP contribution in [0.25, 0.3) is 22.2 Å². The lowest BCUT2D eigenvalue weighted by molar-refractivity contribution is 0.414. The van der Waals surface area contributed by atoms with Gasteiger partial charge in [-0.3, -0.25) is 4.99 Å². The first-order chi connectivity index (χ1) is 13.8. The molecule has 28 heavy (non-hydrogen) atoms. The van der Waals surface area contributed by atoms with Gasteiger partial charge in [0.25, 0.3) is 0 Å². The van der Waals surface area contributed by atoms with Crippen LogP contribution in [0.1, 0.15) is 11.1 Å². The minimum Gasteiger partial charge on any atom is -0.496 e. The van der Waals surface area contributed by atoms with Crippen LogP contribution in [-0.4, -0.2) is 29.9 Å². The largest absolute Gasteiger partial charge is 0.496 e. The number of benzene rings is 3. The Morgan fingerprint density at radius 1 is 1.00 bits per heavy atom. The van der Waals surface area contributed by atoms with E-state index in [0.29, 0.717) is 0 Å². The average Bonchev–Trinajstić information content (AvgIpc) is 3.16. The molecule has 0 aliphatic rings. The molecule has 0 radical (unpaired) electrons. The summed E-state index contributed by atoms with van der Waals surface area (Å²) in [6.07, 6.45) is 4.72. The molecule has 4 heteroatoms. The van der Waals surface area contributed by atoms with E-state index in [2.05, 4.69) is 63.1 Å². The third-order valence-corrected chi connectivity index (χ3v) is 4.95. The first-order valence-electron chi connectivity index (χ1n) is 9.38. The van der Waals surface area contributed by atoms with E-state index in [1.165, 1.54) is 16.6 Å². The van der Waals surface area contributed by atoms with Crippen molar-refractivity contribution < 1.29 is 4.74 Å². The number of para-hydroxylation sites is 2. The SMILES string of the molecule is CN=Cc1cc(-c2ccc(CCn3cnc4ccccc43)cc2)ccc1OC. The summed E-state index contributed by atoms with van der Waals surface area (Å²) in [4.78, 5) is 8.59. The summed E-state index contributed by atoms with van der Waals surface area (Å²) in [6, 6.07) is 23.2. The molecule has 0 amide bonds. The molecule has 0 aliphatic heterocycles. The van der Waals surface area contributed by atoms with Crippen LogP contribution in [-0.2, 0) is 13.0 Å². The number of aryl methyl sites for hydroxylation is 2. The van der Waals surface area contributed by atoms with E-state index in [1.54, 1.807) is 14.2 Å². The maximum atomic E-state index is 5.41. The van der Waals surface area contributed by atoms with E-state index < -0.39 is 0 Å². The number of methoxy groups -OCH3 is 1. The summed E-state index contributed by atoms with van der Waals surface area (Å²) >= 11 is 0. The number of aliphatic imine (C=N–C) groups is 1. The third-order valence-electron chi connectivity index (χ3n) is 4.95. The van der Waals surface area contributed by atoms with Gasteiger partial charge < -0.3 is 9.30 Å². The number of hydrogen-bond donors (Lipinski definition) is 0. The van der Waals surface area contributed by atoms with Gasteiger partial charge in [0.15, 0.2) is 0 Å². The highest BCUT2D eigenvalue weighted by Gasteiger charge is 2.06. The highest BCUT2D eigenvalue weighted by molar-refractivity contribution is 5.86. The van der Waals surface area contributed by atoms with Crippen LogP contribution in [0.3, 0.4) is 0 Å². The third kappa shape index (κ3) is 3.67. The van der Waals surface area contributed by atoms with Gasteiger partial charge in [0.1, 0.15) is 5.75 Å². The van der Waals surface area contributed by atoms with Gasteiger partial charge in [-0.25, -0.2) is 4.98 Å². The lowest BCUT2D eigenvalue weighted by Gasteiger charge is -2.09. The Bertz CT molecular complexity index is 1110. The van der Waals surface area contributed by atoms with E-state index in [9.17, 15) is 0 Å². The molecule has 0 atom stereocenters. The molecular formula is C24H23N3O. The van der Waals surface area contributed by atoms with Gasteiger partial charge in [-0.1, -0.05) is 42.5 Å². The summed E-state index contributed by atoms with van der Waals surface area (Å²) in [5.41, 5.74) is 6.86. The highest BCUT2D eigenvalue weighted by atomic mass is 16.5. The highest BCUT2D eigenvalue weighted by Crippen LogP contribution is 2.26. The van der Waals surface area contributed by atoms with E-state index in [-0.39, 0.29) is 0 Å². The molecule has 0 aliphatic carbocycles. The van der Waals surface area contributed by atoms with Crippen LogP contribution >= 0.6 is 0 Å². The molecule has 0 saturated carbocycles. The second-order valence-corrected chi connectivity index (χ2v) is 6.72. The molecule has 0 unspecified atom stereocenters. The van der Waals surface area contributed by atoms with Gasteiger partial charge in [0.05, 0.1) is 24.5 Å². The fraction of sp³-hybridized carbons (Fsp3) is 0.167. The van der Waals surface area contributed by atoms with Crippen LogP contribution in [0.2, 0.25) is 0 Å². The van der Waals surface area contributed by atoms with E-state index in [1.807, 2.05) is 30.7 Å². The molecule has 140 valence electrons. The van der Waals surface area contributed by atoms with Gasteiger partial charge >= 0.3 is 0 Å². The van der Waals surface area contributed by atoms with Crippen molar-refractivity contribution in [1.82, 2.24) is 9.55 Å². The minimum absolute atomic E-state index is 0.832. The summed E-state index contributed by atoms with van der Waals surface area (Å²) in [7, 11) is 3.45. The Balaban J connectivity index is 1.50. The normalized spacial score (nSPS) is 11.4. The Morgan fingerprint density at radius 3 is 2.57 bits per heavy atom. The van der Waals surface area contributed by atoms with Gasteiger partial charge in [-0.2, -0.15) is 0 Å². The lowest BCUT2D eigenvalue weighted by atomic mass is 10.0. The zero-order valence-corrected chi connectivity index (χ0v) is 16.2. The van der Waals surface area contributed by atoms with Gasteiger partial charge in [0, 0.05) is 25.4 Å². The Morgan fingerprint density at radius 2 is 1.79 bits per heavy atom. The zero-order valence-electron chi connectivity index (χ0n) is 16.2. The Kier molecular flexibility index (Phi) is 5.20. The fourth-order valence-electron chi connectivity index (χ4n) is 3.46. The second-order valence-electron chi connectivity index (χ2n) is 6.72. The summed E-state index contributed by atoms with van der Waals surface area (Å²) in [6.45, 7) is 0.916. The summed E-state index contributed by atoms with van der Waals surface area (Å²) in [5, 5.41) is 0. The van der Waals surface area contributed by atoms with Crippen molar-refractivity contribution >= 4 is 17.2 Å². The van der Waals surface area contributed by atoms with Crippen molar-refractivity contribution in [3.05, 3.63) is 84.2 Å². The van der Waals surface area contributed by atoms with Gasteiger partial charge in [0.2, 0.25) is 0 Å². The average molecular weight is 369 g/mol. The molecule has 4 nitrogen and oxygen atoms in total. The number of hydrogen-bond acceptors (Lipinski definition) is 3. The van der Waals surface area contributed by atoms with Crippen molar-refractivity contribution in [3.63, 3.8) is 0 Å². The van der Waals surface area contributed by atoms with Crippen molar-refractivity contribution in [2.45, 2.75) is 13.0 Å². The van der Waals surface area contributed by atoms with Crippen LogP contribution < -0.4 is 4.74 Å². The molecule has 4 rings (SSSR count). The quantitative estimate of drug-likeness (QED) is 0.449. The lowest BCUT2D eigenvalue weighted by Crippen LogP contribution is -1.99. The topological polar surface area (TPSA) is 39.4 Å². The Labute approximate surface area is 165 Å². The number of ether oxygens (including phenoxy) is 1. The predicted octanol–water partition coefficient (Wildman–Crippen LogP) is 5.00. The van der Waals surface area contributed by atoms with Crippen LogP contribution in [0, 0.1) is 0 Å². The molecule has 0 N–H and O–H groups in total. The molecule has 0 spiro atoms. The first-order valence-corrected chi connectivity index (χ1v) is 9.38. The smallest absolute Gasteiger partial charge is 0.127 e. The van der Waals surface area contributed by atoms with Crippen LogP contribution in [0.5, 0.6) is 5.75 Å². The van der Waals surface area contributed by atoms with Gasteiger partial charge in [-0.15, -0.1) is 0 Å². The van der Waals surface area contributed by atoms with Crippen LogP contribution in [0.15, 0.2) is 78.0 Å². The van der Waals surface area contributed by atoms with Crippen LogP contribution in [0.4, 0.5) is 0 Å². The molecular weight excluding hydrogens is 346 g/mol. The van der Waals surface area contributed by atoms with Gasteiger partial charge in [-0.05, 0) is 47.4 Å². The van der Waals surface area contributed by atoms with Crippen molar-refractivity contribution in [2.24, 2.45) is 4.99 Å². The van der Waals surface area contributed by atoms with E-state index in [4.69, 9.17) is 4.74 Å². The monoisotopic (exact) mass is 369 g/mol. The fourth-order valence-corrected chi connectivity index (χ4v) is 3.46. The maximum absolute atomic E-state index is 5.41. The van der Waals surface area contributed by atoms with Crippen molar-refractivity contribution in [3.8, 4) is 16.9 Å². The minimum atomic E-state index is 0.832. The molecule has 3 aromatic carbocycles.